The maximum absolute atomic E-state index is 12.0. The van der Waals surface area contributed by atoms with Crippen LogP contribution in [0, 0.1) is 0 Å². The molecule has 0 aliphatic carbocycles. The summed E-state index contributed by atoms with van der Waals surface area (Å²) in [6, 6.07) is -2.87. The van der Waals surface area contributed by atoms with Crippen LogP contribution in [-0.2, 0) is 4.79 Å². The van der Waals surface area contributed by atoms with Crippen LogP contribution < -0.4 is 0 Å². The van der Waals surface area contributed by atoms with Crippen molar-refractivity contribution in [3.05, 3.63) is 0 Å². The zero-order chi connectivity index (χ0) is 8.58. The number of carbonyl (C=O) groups is 1. The molecule has 0 saturated carbocycles. The Balaban J connectivity index is 0. The number of halogens is 7. The molecule has 0 aromatic heterocycles. The fourth-order valence-electron chi connectivity index (χ4n) is 0.111. The average Bonchev–Trinajstić information content (AvgIpc) is 1.62. The Kier molecular flexibility index (Phi) is 4.55. The molecular formula is C3HBrClF5O. The first-order chi connectivity index (χ1) is 4.19. The van der Waals surface area contributed by atoms with E-state index in [2.05, 4.69) is 11.6 Å². The number of hydrogen-bond donors (Lipinski definition) is 0. The summed E-state index contributed by atoms with van der Waals surface area (Å²) < 4.78 is 42.5. The van der Waals surface area contributed by atoms with Crippen molar-refractivity contribution in [1.82, 2.24) is 0 Å². The third kappa shape index (κ3) is 2.90. The highest BCUT2D eigenvalue weighted by atomic mass is 79.9. The molecule has 0 N–H and O–H groups in total. The lowest BCUT2D eigenvalue weighted by Gasteiger charge is -2.16. The zero-order valence-corrected chi connectivity index (χ0v) is 6.93. The standard InChI is InChI=1S/C3BrClF4O.FH/c4-2(7,1(6)10)3(5,8)9;/h;1H. The molecule has 0 spiro atoms. The average molecular weight is 263 g/mol. The van der Waals surface area contributed by atoms with Crippen molar-refractivity contribution in [2.24, 2.45) is 0 Å². The summed E-state index contributed by atoms with van der Waals surface area (Å²) in [4.78, 5) is 9.46. The number of hydrogen-bond acceptors (Lipinski definition) is 1. The van der Waals surface area contributed by atoms with Gasteiger partial charge in [0.25, 0.3) is 0 Å². The van der Waals surface area contributed by atoms with Gasteiger partial charge in [-0.25, -0.2) is 4.39 Å². The Hall–Kier alpha value is 0.0900. The van der Waals surface area contributed by atoms with Crippen LogP contribution in [-0.4, -0.2) is 16.0 Å². The van der Waals surface area contributed by atoms with E-state index in [1.54, 1.807) is 0 Å². The van der Waals surface area contributed by atoms with Crippen LogP contribution in [0.4, 0.5) is 22.3 Å². The highest BCUT2D eigenvalue weighted by molar-refractivity contribution is 9.10. The maximum Gasteiger partial charge on any atom is 0.375 e. The highest BCUT2D eigenvalue weighted by Gasteiger charge is 2.58. The van der Waals surface area contributed by atoms with E-state index in [0.29, 0.717) is 0 Å². The van der Waals surface area contributed by atoms with E-state index in [0.717, 1.165) is 0 Å². The van der Waals surface area contributed by atoms with Crippen molar-refractivity contribution >= 4 is 33.6 Å². The van der Waals surface area contributed by atoms with Gasteiger partial charge in [0, 0.05) is 0 Å². The van der Waals surface area contributed by atoms with Crippen LogP contribution in [0.1, 0.15) is 0 Å². The molecule has 11 heavy (non-hydrogen) atoms. The minimum absolute atomic E-state index is 0. The van der Waals surface area contributed by atoms with Crippen LogP contribution in [0.15, 0.2) is 0 Å². The molecule has 0 heterocycles. The molecule has 0 bridgehead atoms. The summed E-state index contributed by atoms with van der Waals surface area (Å²) in [6.45, 7) is 0. The van der Waals surface area contributed by atoms with E-state index in [4.69, 9.17) is 0 Å². The van der Waals surface area contributed by atoms with Crippen LogP contribution in [0.5, 0.6) is 0 Å². The smallest absolute Gasteiger partial charge is 0.269 e. The first-order valence-corrected chi connectivity index (χ1v) is 3.01. The Labute approximate surface area is 71.2 Å². The predicted molar refractivity (Wildman–Crippen MR) is 32.2 cm³/mol. The Morgan fingerprint density at radius 1 is 1.36 bits per heavy atom. The zero-order valence-electron chi connectivity index (χ0n) is 4.58. The summed E-state index contributed by atoms with van der Waals surface area (Å²) in [6.07, 6.45) is 0. The van der Waals surface area contributed by atoms with Crippen LogP contribution in [0.3, 0.4) is 0 Å². The summed E-state index contributed by atoms with van der Waals surface area (Å²) >= 11 is 5.50. The minimum Gasteiger partial charge on any atom is -0.269 e. The molecule has 0 amide bonds. The summed E-state index contributed by atoms with van der Waals surface area (Å²) in [5.74, 6) is 0. The fourth-order valence-corrected chi connectivity index (χ4v) is 0.186. The quantitative estimate of drug-likeness (QED) is 0.425. The Morgan fingerprint density at radius 3 is 1.64 bits per heavy atom. The molecule has 0 rings (SSSR count). The van der Waals surface area contributed by atoms with Crippen molar-refractivity contribution in [2.75, 3.05) is 0 Å². The van der Waals surface area contributed by atoms with Crippen molar-refractivity contribution in [2.45, 2.75) is 9.96 Å². The third-order valence-corrected chi connectivity index (χ3v) is 1.90. The largest absolute Gasteiger partial charge is 0.375 e. The Bertz CT molecular complexity index is 154. The SMILES string of the molecule is F.O=C(F)C(F)(Br)C(F)(F)Cl. The van der Waals surface area contributed by atoms with E-state index < -0.39 is 16.0 Å². The van der Waals surface area contributed by atoms with Crippen molar-refractivity contribution in [3.63, 3.8) is 0 Å². The second kappa shape index (κ2) is 3.66. The van der Waals surface area contributed by atoms with Gasteiger partial charge in [-0.05, 0) is 27.5 Å². The van der Waals surface area contributed by atoms with E-state index in [1.807, 2.05) is 0 Å². The number of rotatable bonds is 2. The molecule has 0 aromatic rings. The molecule has 1 unspecified atom stereocenters. The predicted octanol–water partition coefficient (Wildman–Crippen LogP) is 2.53. The Morgan fingerprint density at radius 2 is 1.64 bits per heavy atom. The highest BCUT2D eigenvalue weighted by Crippen LogP contribution is 2.42. The van der Waals surface area contributed by atoms with Gasteiger partial charge in [-0.15, -0.1) is 0 Å². The minimum atomic E-state index is -4.58. The molecule has 8 heteroatoms. The summed E-state index contributed by atoms with van der Waals surface area (Å²) in [7, 11) is 0. The molecule has 68 valence electrons. The van der Waals surface area contributed by atoms with Gasteiger partial charge < -0.3 is 0 Å². The van der Waals surface area contributed by atoms with Crippen LogP contribution in [0.25, 0.3) is 0 Å². The van der Waals surface area contributed by atoms with Gasteiger partial charge in [-0.2, -0.15) is 13.2 Å². The van der Waals surface area contributed by atoms with Gasteiger partial charge in [-0.3, -0.25) is 9.50 Å². The molecule has 1 atom stereocenters. The molecule has 0 saturated heterocycles. The van der Waals surface area contributed by atoms with Crippen molar-refractivity contribution in [3.8, 4) is 0 Å². The van der Waals surface area contributed by atoms with Gasteiger partial charge >= 0.3 is 16.0 Å². The lowest BCUT2D eigenvalue weighted by molar-refractivity contribution is -0.145. The summed E-state index contributed by atoms with van der Waals surface area (Å²) in [5.41, 5.74) is 0. The molecule has 0 aliphatic rings. The van der Waals surface area contributed by atoms with Crippen LogP contribution >= 0.6 is 27.5 Å². The number of alkyl halides is 5. The monoisotopic (exact) mass is 262 g/mol. The summed E-state index contributed by atoms with van der Waals surface area (Å²) in [5, 5.41) is -4.58. The molecule has 0 aliphatic heterocycles. The van der Waals surface area contributed by atoms with E-state index in [-0.39, 0.29) is 4.70 Å². The lowest BCUT2D eigenvalue weighted by Crippen LogP contribution is -2.39. The van der Waals surface area contributed by atoms with Crippen LogP contribution in [0.2, 0.25) is 0 Å². The van der Waals surface area contributed by atoms with Gasteiger partial charge in [-0.1, -0.05) is 0 Å². The van der Waals surface area contributed by atoms with Gasteiger partial charge in [0.1, 0.15) is 0 Å². The third-order valence-electron chi connectivity index (χ3n) is 0.603. The van der Waals surface area contributed by atoms with Gasteiger partial charge in [0.15, 0.2) is 0 Å². The first-order valence-electron chi connectivity index (χ1n) is 1.84. The van der Waals surface area contributed by atoms with Crippen molar-refractivity contribution < 1.29 is 27.1 Å². The lowest BCUT2D eigenvalue weighted by atomic mass is 10.4. The topological polar surface area (TPSA) is 17.1 Å². The molecule has 0 fully saturated rings. The fraction of sp³-hybridized carbons (Fsp3) is 0.667. The van der Waals surface area contributed by atoms with Gasteiger partial charge in [0.2, 0.25) is 0 Å². The first kappa shape index (κ1) is 13.7. The second-order valence-corrected chi connectivity index (χ2v) is 2.91. The number of carbonyl (C=O) groups excluding carboxylic acids is 1. The van der Waals surface area contributed by atoms with Crippen molar-refractivity contribution in [1.29, 1.82) is 0 Å². The van der Waals surface area contributed by atoms with E-state index in [9.17, 15) is 22.4 Å². The molecular weight excluding hydrogens is 262 g/mol. The van der Waals surface area contributed by atoms with Gasteiger partial charge in [0.05, 0.1) is 0 Å². The van der Waals surface area contributed by atoms with E-state index >= 15 is 0 Å². The molecule has 0 radical (unpaired) electrons. The second-order valence-electron chi connectivity index (χ2n) is 1.35. The molecule has 0 aromatic carbocycles. The van der Waals surface area contributed by atoms with E-state index in [1.165, 1.54) is 15.9 Å². The molecule has 1 nitrogen and oxygen atoms in total. The normalized spacial score (nSPS) is 16.5. The maximum atomic E-state index is 12.0.